The molecule has 2 heteroatoms. The fraction of sp³-hybridized carbons (Fsp3) is 1.00. The molecule has 1 saturated heterocycles. The van der Waals surface area contributed by atoms with E-state index < -0.39 is 5.60 Å². The summed E-state index contributed by atoms with van der Waals surface area (Å²) in [5.74, 6) is 0.653. The lowest BCUT2D eigenvalue weighted by atomic mass is 9.74. The molecule has 0 aliphatic carbocycles. The number of ether oxygens (including phenoxy) is 1. The zero-order valence-electron chi connectivity index (χ0n) is 9.26. The maximum absolute atomic E-state index is 10.3. The first-order valence-electron chi connectivity index (χ1n) is 5.17. The maximum atomic E-state index is 10.3. The van der Waals surface area contributed by atoms with E-state index in [2.05, 4.69) is 27.7 Å². The monoisotopic (exact) mass is 186 g/mol. The van der Waals surface area contributed by atoms with Crippen LogP contribution in [0.25, 0.3) is 0 Å². The van der Waals surface area contributed by atoms with Crippen molar-refractivity contribution in [1.82, 2.24) is 0 Å². The average molecular weight is 186 g/mol. The molecule has 0 aromatic rings. The van der Waals surface area contributed by atoms with Crippen LogP contribution in [0.15, 0.2) is 0 Å². The lowest BCUT2D eigenvalue weighted by Crippen LogP contribution is -2.43. The Morgan fingerprint density at radius 2 is 1.92 bits per heavy atom. The molecule has 0 aromatic heterocycles. The highest BCUT2D eigenvalue weighted by atomic mass is 16.5. The quantitative estimate of drug-likeness (QED) is 0.732. The molecular weight excluding hydrogens is 164 g/mol. The Labute approximate surface area is 81.3 Å². The molecule has 78 valence electrons. The van der Waals surface area contributed by atoms with Gasteiger partial charge in [-0.3, -0.25) is 0 Å². The van der Waals surface area contributed by atoms with Crippen LogP contribution in [0.5, 0.6) is 0 Å². The zero-order valence-corrected chi connectivity index (χ0v) is 9.26. The van der Waals surface area contributed by atoms with E-state index in [-0.39, 0.29) is 5.41 Å². The van der Waals surface area contributed by atoms with Gasteiger partial charge in [-0.25, -0.2) is 0 Å². The molecule has 1 atom stereocenters. The van der Waals surface area contributed by atoms with Gasteiger partial charge in [-0.1, -0.05) is 27.7 Å². The van der Waals surface area contributed by atoms with Crippen LogP contribution in [0.2, 0.25) is 0 Å². The Kier molecular flexibility index (Phi) is 3.03. The van der Waals surface area contributed by atoms with E-state index in [4.69, 9.17) is 4.74 Å². The molecule has 1 aliphatic rings. The topological polar surface area (TPSA) is 29.5 Å². The Balaban J connectivity index is 2.54. The van der Waals surface area contributed by atoms with Crippen molar-refractivity contribution in [1.29, 1.82) is 0 Å². The minimum atomic E-state index is -0.600. The van der Waals surface area contributed by atoms with Crippen LogP contribution in [0.4, 0.5) is 0 Å². The van der Waals surface area contributed by atoms with E-state index in [1.165, 1.54) is 0 Å². The summed E-state index contributed by atoms with van der Waals surface area (Å²) in [7, 11) is 0. The lowest BCUT2D eigenvalue weighted by Gasteiger charge is -2.35. The second kappa shape index (κ2) is 3.58. The summed E-state index contributed by atoms with van der Waals surface area (Å²) in [5.41, 5.74) is -0.681. The Bertz CT molecular complexity index is 175. The second-order valence-corrected chi connectivity index (χ2v) is 5.34. The van der Waals surface area contributed by atoms with Crippen molar-refractivity contribution in [3.05, 3.63) is 0 Å². The molecule has 0 bridgehead atoms. The van der Waals surface area contributed by atoms with Crippen molar-refractivity contribution in [2.45, 2.75) is 46.1 Å². The molecule has 1 unspecified atom stereocenters. The predicted octanol–water partition coefficient (Wildman–Crippen LogP) is 2.21. The van der Waals surface area contributed by atoms with Crippen molar-refractivity contribution < 1.29 is 9.84 Å². The van der Waals surface area contributed by atoms with Gasteiger partial charge < -0.3 is 9.84 Å². The third-order valence-electron chi connectivity index (χ3n) is 3.20. The van der Waals surface area contributed by atoms with Crippen LogP contribution >= 0.6 is 0 Å². The van der Waals surface area contributed by atoms with E-state index in [0.29, 0.717) is 19.1 Å². The Hall–Kier alpha value is -0.0800. The fourth-order valence-electron chi connectivity index (χ4n) is 1.74. The van der Waals surface area contributed by atoms with Crippen LogP contribution in [0.3, 0.4) is 0 Å². The summed E-state index contributed by atoms with van der Waals surface area (Å²) in [4.78, 5) is 0. The van der Waals surface area contributed by atoms with Crippen molar-refractivity contribution in [2.24, 2.45) is 11.3 Å². The lowest BCUT2D eigenvalue weighted by molar-refractivity contribution is -0.0432. The smallest absolute Gasteiger partial charge is 0.0952 e. The molecule has 0 saturated carbocycles. The van der Waals surface area contributed by atoms with E-state index in [0.717, 1.165) is 12.8 Å². The molecule has 1 aliphatic heterocycles. The largest absolute Gasteiger partial charge is 0.387 e. The molecule has 1 N–H and O–H groups in total. The number of aliphatic hydroxyl groups is 1. The zero-order chi connectivity index (χ0) is 10.1. The summed E-state index contributed by atoms with van der Waals surface area (Å²) in [6.45, 7) is 9.73. The molecule has 0 radical (unpaired) electrons. The van der Waals surface area contributed by atoms with Crippen LogP contribution in [-0.4, -0.2) is 23.9 Å². The Morgan fingerprint density at radius 3 is 2.31 bits per heavy atom. The third kappa shape index (κ3) is 2.23. The maximum Gasteiger partial charge on any atom is 0.0952 e. The highest BCUT2D eigenvalue weighted by Crippen LogP contribution is 2.40. The summed E-state index contributed by atoms with van der Waals surface area (Å²) in [6.07, 6.45) is 1.93. The molecule has 1 rings (SSSR count). The van der Waals surface area contributed by atoms with Crippen LogP contribution in [-0.2, 0) is 4.74 Å². The molecule has 1 fully saturated rings. The van der Waals surface area contributed by atoms with Gasteiger partial charge in [-0.05, 0) is 18.8 Å². The summed E-state index contributed by atoms with van der Waals surface area (Å²) < 4.78 is 5.36. The van der Waals surface area contributed by atoms with Gasteiger partial charge in [0.15, 0.2) is 0 Å². The van der Waals surface area contributed by atoms with Gasteiger partial charge in [0.25, 0.3) is 0 Å². The van der Waals surface area contributed by atoms with Gasteiger partial charge in [0, 0.05) is 5.41 Å². The van der Waals surface area contributed by atoms with Gasteiger partial charge >= 0.3 is 0 Å². The minimum Gasteiger partial charge on any atom is -0.387 e. The van der Waals surface area contributed by atoms with Gasteiger partial charge in [-0.2, -0.15) is 0 Å². The Morgan fingerprint density at radius 1 is 1.31 bits per heavy atom. The first-order valence-corrected chi connectivity index (χ1v) is 5.17. The molecule has 2 nitrogen and oxygen atoms in total. The van der Waals surface area contributed by atoms with Crippen LogP contribution in [0, 0.1) is 11.3 Å². The van der Waals surface area contributed by atoms with E-state index >= 15 is 0 Å². The van der Waals surface area contributed by atoms with Crippen molar-refractivity contribution >= 4 is 0 Å². The van der Waals surface area contributed by atoms with E-state index in [1.54, 1.807) is 0 Å². The first-order chi connectivity index (χ1) is 5.87. The number of hydrogen-bond donors (Lipinski definition) is 1. The number of hydrogen-bond acceptors (Lipinski definition) is 2. The van der Waals surface area contributed by atoms with Crippen LogP contribution < -0.4 is 0 Å². The average Bonchev–Trinajstić information content (AvgIpc) is 2.24. The third-order valence-corrected chi connectivity index (χ3v) is 3.20. The van der Waals surface area contributed by atoms with Gasteiger partial charge in [-0.15, -0.1) is 0 Å². The molecular formula is C11H22O2. The molecule has 0 amide bonds. The second-order valence-electron chi connectivity index (χ2n) is 5.34. The normalized spacial score (nSPS) is 32.8. The summed E-state index contributed by atoms with van der Waals surface area (Å²) in [5, 5.41) is 10.3. The van der Waals surface area contributed by atoms with Gasteiger partial charge in [0.1, 0.15) is 0 Å². The van der Waals surface area contributed by atoms with Gasteiger partial charge in [0.2, 0.25) is 0 Å². The summed E-state index contributed by atoms with van der Waals surface area (Å²) >= 11 is 0. The van der Waals surface area contributed by atoms with E-state index in [1.807, 2.05) is 0 Å². The first kappa shape index (κ1) is 11.0. The molecule has 0 spiro atoms. The SMILES string of the molecule is CC(C)CCC1(O)COCC1(C)C. The van der Waals surface area contributed by atoms with Crippen molar-refractivity contribution in [3.8, 4) is 0 Å². The minimum absolute atomic E-state index is 0.0815. The highest BCUT2D eigenvalue weighted by molar-refractivity contribution is 4.97. The number of rotatable bonds is 3. The highest BCUT2D eigenvalue weighted by Gasteiger charge is 2.48. The summed E-state index contributed by atoms with van der Waals surface area (Å²) in [6, 6.07) is 0. The predicted molar refractivity (Wildman–Crippen MR) is 53.6 cm³/mol. The van der Waals surface area contributed by atoms with Crippen molar-refractivity contribution in [3.63, 3.8) is 0 Å². The molecule has 0 aromatic carbocycles. The fourth-order valence-corrected chi connectivity index (χ4v) is 1.74. The molecule has 1 heterocycles. The van der Waals surface area contributed by atoms with Gasteiger partial charge in [0.05, 0.1) is 18.8 Å². The van der Waals surface area contributed by atoms with Crippen LogP contribution in [0.1, 0.15) is 40.5 Å². The molecule has 13 heavy (non-hydrogen) atoms. The standard InChI is InChI=1S/C11H22O2/c1-9(2)5-6-11(12)8-13-7-10(11,3)4/h9,12H,5-8H2,1-4H3. The van der Waals surface area contributed by atoms with E-state index in [9.17, 15) is 5.11 Å². The van der Waals surface area contributed by atoms with Crippen molar-refractivity contribution in [2.75, 3.05) is 13.2 Å².